The van der Waals surface area contributed by atoms with Crippen LogP contribution in [-0.4, -0.2) is 5.91 Å². The number of nitrogens with zero attached hydrogens (tertiary/aromatic N) is 1. The fourth-order valence-electron chi connectivity index (χ4n) is 1.74. The lowest BCUT2D eigenvalue weighted by Crippen LogP contribution is -2.13. The van der Waals surface area contributed by atoms with Gasteiger partial charge >= 0.3 is 0 Å². The van der Waals surface area contributed by atoms with Crippen molar-refractivity contribution in [3.05, 3.63) is 52.0 Å². The molecule has 1 amide bonds. The fraction of sp³-hybridized carbons (Fsp3) is 0. The Hall–Kier alpha value is -2.52. The zero-order valence-corrected chi connectivity index (χ0v) is 11.9. The van der Waals surface area contributed by atoms with Gasteiger partial charge in [-0.2, -0.15) is 5.26 Å². The zero-order valence-electron chi connectivity index (χ0n) is 10.4. The molecule has 20 heavy (non-hydrogen) atoms. The molecule has 0 aromatic heterocycles. The minimum absolute atomic E-state index is 0.311. The van der Waals surface area contributed by atoms with Crippen LogP contribution in [-0.2, 0) is 0 Å². The van der Waals surface area contributed by atoms with Crippen molar-refractivity contribution < 1.29 is 4.79 Å². The number of rotatable bonds is 3. The first-order chi connectivity index (χ1) is 9.51. The molecule has 0 spiro atoms. The van der Waals surface area contributed by atoms with Gasteiger partial charge in [0.1, 0.15) is 6.07 Å². The third-order valence-electron chi connectivity index (χ3n) is 2.68. The summed E-state index contributed by atoms with van der Waals surface area (Å²) < 4.78 is 0.794. The number of nitrogen functional groups attached to an aromatic ring is 1. The highest BCUT2D eigenvalue weighted by atomic mass is 79.9. The third kappa shape index (κ3) is 2.90. The Labute approximate surface area is 124 Å². The number of nitrogens with one attached hydrogen (secondary N) is 1. The van der Waals surface area contributed by atoms with Gasteiger partial charge in [0.05, 0.1) is 22.5 Å². The van der Waals surface area contributed by atoms with E-state index < -0.39 is 5.91 Å². The third-order valence-corrected chi connectivity index (χ3v) is 3.17. The second-order valence-electron chi connectivity index (χ2n) is 4.10. The van der Waals surface area contributed by atoms with E-state index in [1.807, 2.05) is 0 Å². The van der Waals surface area contributed by atoms with Crippen LogP contribution in [0.3, 0.4) is 0 Å². The van der Waals surface area contributed by atoms with Gasteiger partial charge in [0.2, 0.25) is 0 Å². The van der Waals surface area contributed by atoms with Crippen LogP contribution in [0.25, 0.3) is 0 Å². The summed E-state index contributed by atoms with van der Waals surface area (Å²) in [6.45, 7) is 0. The summed E-state index contributed by atoms with van der Waals surface area (Å²) in [6.07, 6.45) is 0. The van der Waals surface area contributed by atoms with E-state index in [4.69, 9.17) is 16.7 Å². The van der Waals surface area contributed by atoms with Crippen molar-refractivity contribution in [2.24, 2.45) is 5.73 Å². The summed E-state index contributed by atoms with van der Waals surface area (Å²) in [5.41, 5.74) is 13.3. The van der Waals surface area contributed by atoms with Crippen molar-refractivity contribution in [3.63, 3.8) is 0 Å². The minimum atomic E-state index is -0.567. The molecule has 100 valence electrons. The summed E-state index contributed by atoms with van der Waals surface area (Å²) in [7, 11) is 0. The number of amides is 1. The van der Waals surface area contributed by atoms with Crippen LogP contribution in [0, 0.1) is 11.3 Å². The lowest BCUT2D eigenvalue weighted by Gasteiger charge is -2.12. The van der Waals surface area contributed by atoms with Crippen LogP contribution in [0.2, 0.25) is 0 Å². The first-order valence-electron chi connectivity index (χ1n) is 5.67. The average molecular weight is 331 g/mol. The minimum Gasteiger partial charge on any atom is -0.399 e. The summed E-state index contributed by atoms with van der Waals surface area (Å²) in [4.78, 5) is 11.4. The van der Waals surface area contributed by atoms with Crippen molar-refractivity contribution in [2.45, 2.75) is 0 Å². The van der Waals surface area contributed by atoms with Crippen LogP contribution in [0.5, 0.6) is 0 Å². The van der Waals surface area contributed by atoms with E-state index in [1.165, 1.54) is 0 Å². The number of hydrogen-bond donors (Lipinski definition) is 3. The van der Waals surface area contributed by atoms with Gasteiger partial charge in [0.25, 0.3) is 5.91 Å². The SMILES string of the molecule is N#Cc1cc(Br)ccc1Nc1cc(N)ccc1C(N)=O. The molecule has 0 saturated heterocycles. The van der Waals surface area contributed by atoms with Crippen LogP contribution < -0.4 is 16.8 Å². The van der Waals surface area contributed by atoms with Gasteiger partial charge in [0, 0.05) is 10.2 Å². The van der Waals surface area contributed by atoms with Gasteiger partial charge < -0.3 is 16.8 Å². The maximum atomic E-state index is 11.4. The molecule has 0 aliphatic carbocycles. The smallest absolute Gasteiger partial charge is 0.250 e. The van der Waals surface area contributed by atoms with Crippen LogP contribution in [0.4, 0.5) is 17.1 Å². The van der Waals surface area contributed by atoms with E-state index in [9.17, 15) is 4.79 Å². The monoisotopic (exact) mass is 330 g/mol. The lowest BCUT2D eigenvalue weighted by molar-refractivity contribution is 0.100. The standard InChI is InChI=1S/C14H11BrN4O/c15-9-1-4-12(8(5-9)7-16)19-13-6-10(17)2-3-11(13)14(18)20/h1-6,19H,17H2,(H2,18,20). The van der Waals surface area contributed by atoms with Crippen molar-refractivity contribution in [1.29, 1.82) is 5.26 Å². The van der Waals surface area contributed by atoms with Gasteiger partial charge in [-0.25, -0.2) is 0 Å². The number of benzene rings is 2. The predicted octanol–water partition coefficient (Wildman–Crippen LogP) is 2.75. The van der Waals surface area contributed by atoms with Crippen molar-refractivity contribution in [1.82, 2.24) is 0 Å². The normalized spacial score (nSPS) is 9.80. The average Bonchev–Trinajstić information content (AvgIpc) is 2.40. The second kappa shape index (κ2) is 5.63. The summed E-state index contributed by atoms with van der Waals surface area (Å²) in [6, 6.07) is 12.0. The van der Waals surface area contributed by atoms with E-state index in [0.29, 0.717) is 28.2 Å². The first kappa shape index (κ1) is 13.9. The predicted molar refractivity (Wildman–Crippen MR) is 81.5 cm³/mol. The lowest BCUT2D eigenvalue weighted by atomic mass is 10.1. The van der Waals surface area contributed by atoms with Gasteiger partial charge in [0.15, 0.2) is 0 Å². The largest absolute Gasteiger partial charge is 0.399 e. The van der Waals surface area contributed by atoms with E-state index in [-0.39, 0.29) is 0 Å². The number of primary amides is 1. The van der Waals surface area contributed by atoms with E-state index >= 15 is 0 Å². The van der Waals surface area contributed by atoms with Crippen molar-refractivity contribution in [2.75, 3.05) is 11.1 Å². The Kier molecular flexibility index (Phi) is 3.91. The molecule has 6 heteroatoms. The molecule has 2 rings (SSSR count). The number of anilines is 3. The molecular weight excluding hydrogens is 320 g/mol. The molecule has 0 atom stereocenters. The van der Waals surface area contributed by atoms with Crippen LogP contribution in [0.15, 0.2) is 40.9 Å². The Balaban J connectivity index is 2.47. The van der Waals surface area contributed by atoms with Crippen molar-refractivity contribution >= 4 is 38.9 Å². The molecule has 0 radical (unpaired) electrons. The molecule has 5 N–H and O–H groups in total. The van der Waals surface area contributed by atoms with Crippen LogP contribution >= 0.6 is 15.9 Å². The first-order valence-corrected chi connectivity index (χ1v) is 6.46. The quantitative estimate of drug-likeness (QED) is 0.752. The van der Waals surface area contributed by atoms with E-state index in [1.54, 1.807) is 36.4 Å². The highest BCUT2D eigenvalue weighted by Crippen LogP contribution is 2.27. The van der Waals surface area contributed by atoms with Gasteiger partial charge in [-0.3, -0.25) is 4.79 Å². The Bertz CT molecular complexity index is 722. The molecule has 0 aliphatic heterocycles. The number of halogens is 1. The molecule has 0 heterocycles. The number of carbonyl (C=O) groups is 1. The number of hydrogen-bond acceptors (Lipinski definition) is 4. The molecule has 0 fully saturated rings. The number of nitriles is 1. The molecule has 0 bridgehead atoms. The maximum absolute atomic E-state index is 11.4. The molecule has 0 unspecified atom stereocenters. The van der Waals surface area contributed by atoms with E-state index in [2.05, 4.69) is 27.3 Å². The van der Waals surface area contributed by atoms with Gasteiger partial charge in [-0.1, -0.05) is 15.9 Å². The second-order valence-corrected chi connectivity index (χ2v) is 5.01. The number of carbonyl (C=O) groups excluding carboxylic acids is 1. The molecule has 0 saturated carbocycles. The Morgan fingerprint density at radius 1 is 1.20 bits per heavy atom. The van der Waals surface area contributed by atoms with E-state index in [0.717, 1.165) is 4.47 Å². The van der Waals surface area contributed by atoms with Crippen molar-refractivity contribution in [3.8, 4) is 6.07 Å². The fourth-order valence-corrected chi connectivity index (χ4v) is 2.10. The summed E-state index contributed by atoms with van der Waals surface area (Å²) >= 11 is 3.30. The molecule has 2 aromatic rings. The highest BCUT2D eigenvalue weighted by molar-refractivity contribution is 9.10. The Morgan fingerprint density at radius 3 is 2.60 bits per heavy atom. The van der Waals surface area contributed by atoms with Crippen LogP contribution in [0.1, 0.15) is 15.9 Å². The summed E-state index contributed by atoms with van der Waals surface area (Å²) in [5.74, 6) is -0.567. The molecule has 0 aliphatic rings. The zero-order chi connectivity index (χ0) is 14.7. The molecule has 5 nitrogen and oxygen atoms in total. The summed E-state index contributed by atoms with van der Waals surface area (Å²) in [5, 5.41) is 12.1. The number of nitrogens with two attached hydrogens (primary N) is 2. The molecular formula is C14H11BrN4O. The highest BCUT2D eigenvalue weighted by Gasteiger charge is 2.10. The van der Waals surface area contributed by atoms with Gasteiger partial charge in [-0.15, -0.1) is 0 Å². The van der Waals surface area contributed by atoms with Gasteiger partial charge in [-0.05, 0) is 36.4 Å². The maximum Gasteiger partial charge on any atom is 0.250 e. The Morgan fingerprint density at radius 2 is 1.95 bits per heavy atom. The molecule has 2 aromatic carbocycles. The topological polar surface area (TPSA) is 105 Å².